The summed E-state index contributed by atoms with van der Waals surface area (Å²) in [7, 11) is 0. The fourth-order valence-corrected chi connectivity index (χ4v) is 2.63. The minimum absolute atomic E-state index is 0.321. The third-order valence-electron chi connectivity index (χ3n) is 4.04. The van der Waals surface area contributed by atoms with Crippen LogP contribution in [-0.4, -0.2) is 49.5 Å². The first-order valence-corrected chi connectivity index (χ1v) is 9.22. The second-order valence-corrected chi connectivity index (χ2v) is 7.54. The molecule has 23 heavy (non-hydrogen) atoms. The van der Waals surface area contributed by atoms with Crippen molar-refractivity contribution in [2.24, 2.45) is 10.4 Å². The monoisotopic (exact) mass is 324 g/mol. The molecule has 0 unspecified atom stereocenters. The first kappa shape index (κ1) is 19.8. The van der Waals surface area contributed by atoms with Crippen LogP contribution < -0.4 is 10.6 Å². The van der Waals surface area contributed by atoms with Crippen molar-refractivity contribution in [1.29, 1.82) is 0 Å². The zero-order chi connectivity index (χ0) is 17.1. The van der Waals surface area contributed by atoms with Gasteiger partial charge in [-0.15, -0.1) is 0 Å². The highest BCUT2D eigenvalue weighted by molar-refractivity contribution is 5.79. The average Bonchev–Trinajstić information content (AvgIpc) is 2.67. The molecule has 0 radical (unpaired) electrons. The molecule has 1 rings (SSSR count). The van der Waals surface area contributed by atoms with E-state index in [0.29, 0.717) is 11.3 Å². The van der Waals surface area contributed by atoms with E-state index in [4.69, 9.17) is 0 Å². The van der Waals surface area contributed by atoms with Crippen LogP contribution >= 0.6 is 0 Å². The Morgan fingerprint density at radius 2 is 2.00 bits per heavy atom. The molecule has 0 saturated carbocycles. The van der Waals surface area contributed by atoms with Crippen LogP contribution in [0.2, 0.25) is 0 Å². The van der Waals surface area contributed by atoms with E-state index in [2.05, 4.69) is 43.3 Å². The molecule has 0 aromatic heterocycles. The van der Waals surface area contributed by atoms with E-state index in [1.165, 1.54) is 6.42 Å². The Labute approximate surface area is 142 Å². The van der Waals surface area contributed by atoms with Gasteiger partial charge in [0.1, 0.15) is 0 Å². The minimum atomic E-state index is 0.321. The van der Waals surface area contributed by atoms with E-state index in [1.807, 2.05) is 4.90 Å². The topological polar surface area (TPSA) is 56.7 Å². The molecule has 0 aromatic rings. The van der Waals surface area contributed by atoms with Crippen LogP contribution in [0.1, 0.15) is 66.2 Å². The van der Waals surface area contributed by atoms with Crippen LogP contribution in [0.4, 0.5) is 0 Å². The normalized spacial score (nSPS) is 17.1. The molecule has 1 heterocycles. The molecule has 5 nitrogen and oxygen atoms in total. The Kier molecular flexibility index (Phi) is 9.03. The lowest BCUT2D eigenvalue weighted by Crippen LogP contribution is -2.39. The molecular weight excluding hydrogens is 288 g/mol. The molecule has 2 N–H and O–H groups in total. The smallest absolute Gasteiger partial charge is 0.222 e. The number of carbonyl (C=O) groups is 1. The largest absolute Gasteiger partial charge is 0.357 e. The van der Waals surface area contributed by atoms with Crippen LogP contribution in [0.15, 0.2) is 4.99 Å². The van der Waals surface area contributed by atoms with Gasteiger partial charge in [-0.05, 0) is 38.0 Å². The van der Waals surface area contributed by atoms with Crippen LogP contribution in [0, 0.1) is 5.41 Å². The van der Waals surface area contributed by atoms with Gasteiger partial charge < -0.3 is 15.5 Å². The molecule has 0 aliphatic carbocycles. The van der Waals surface area contributed by atoms with Gasteiger partial charge in [-0.2, -0.15) is 0 Å². The van der Waals surface area contributed by atoms with Crippen LogP contribution in [0.3, 0.4) is 0 Å². The molecule has 0 atom stereocenters. The number of guanidine groups is 1. The molecule has 1 amide bonds. The van der Waals surface area contributed by atoms with Gasteiger partial charge in [0, 0.05) is 39.1 Å². The molecule has 1 saturated heterocycles. The Morgan fingerprint density at radius 1 is 1.22 bits per heavy atom. The SMILES string of the molecule is CCNC(=NCCCN1CCCCCC1=O)NCCC(C)(C)C. The van der Waals surface area contributed by atoms with Crippen LogP contribution in [0.25, 0.3) is 0 Å². The summed E-state index contributed by atoms with van der Waals surface area (Å²) in [6, 6.07) is 0. The molecule has 1 aliphatic heterocycles. The Balaban J connectivity index is 2.31. The maximum atomic E-state index is 11.9. The highest BCUT2D eigenvalue weighted by atomic mass is 16.2. The quantitative estimate of drug-likeness (QED) is 0.430. The first-order valence-electron chi connectivity index (χ1n) is 9.22. The number of nitrogens with one attached hydrogen (secondary N) is 2. The van der Waals surface area contributed by atoms with Gasteiger partial charge in [0.15, 0.2) is 5.96 Å². The summed E-state index contributed by atoms with van der Waals surface area (Å²) in [5, 5.41) is 6.68. The second kappa shape index (κ2) is 10.5. The van der Waals surface area contributed by atoms with Gasteiger partial charge in [0.25, 0.3) is 0 Å². The highest BCUT2D eigenvalue weighted by Gasteiger charge is 2.15. The Bertz CT molecular complexity index is 374. The summed E-state index contributed by atoms with van der Waals surface area (Å²) in [6.45, 7) is 13.1. The molecule has 1 fully saturated rings. The van der Waals surface area contributed by atoms with Crippen molar-refractivity contribution in [3.63, 3.8) is 0 Å². The van der Waals surface area contributed by atoms with Crippen molar-refractivity contribution in [3.05, 3.63) is 0 Å². The zero-order valence-corrected chi connectivity index (χ0v) is 15.6. The van der Waals surface area contributed by atoms with Crippen LogP contribution in [0.5, 0.6) is 0 Å². The Morgan fingerprint density at radius 3 is 2.70 bits per heavy atom. The van der Waals surface area contributed by atoms with Gasteiger partial charge in [-0.3, -0.25) is 9.79 Å². The summed E-state index contributed by atoms with van der Waals surface area (Å²) >= 11 is 0. The van der Waals surface area contributed by atoms with Crippen molar-refractivity contribution in [2.45, 2.75) is 66.2 Å². The van der Waals surface area contributed by atoms with E-state index in [1.54, 1.807) is 0 Å². The van der Waals surface area contributed by atoms with Gasteiger partial charge >= 0.3 is 0 Å². The lowest BCUT2D eigenvalue weighted by Gasteiger charge is -2.20. The summed E-state index contributed by atoms with van der Waals surface area (Å²) in [5.41, 5.74) is 0.331. The predicted octanol–water partition coefficient (Wildman–Crippen LogP) is 2.77. The molecule has 0 spiro atoms. The maximum absolute atomic E-state index is 11.9. The molecule has 0 bridgehead atoms. The summed E-state index contributed by atoms with van der Waals surface area (Å²) in [4.78, 5) is 18.6. The number of rotatable bonds is 7. The number of likely N-dealkylation sites (tertiary alicyclic amines) is 1. The maximum Gasteiger partial charge on any atom is 0.222 e. The first-order chi connectivity index (χ1) is 10.9. The van der Waals surface area contributed by atoms with Crippen LogP contribution in [-0.2, 0) is 4.79 Å². The summed E-state index contributed by atoms with van der Waals surface area (Å²) in [5.74, 6) is 1.21. The van der Waals surface area contributed by atoms with Gasteiger partial charge in [-0.1, -0.05) is 27.2 Å². The van der Waals surface area contributed by atoms with Crippen molar-refractivity contribution < 1.29 is 4.79 Å². The number of nitrogens with zero attached hydrogens (tertiary/aromatic N) is 2. The third kappa shape index (κ3) is 9.47. The van der Waals surface area contributed by atoms with Gasteiger partial charge in [0.2, 0.25) is 5.91 Å². The van der Waals surface area contributed by atoms with Crippen molar-refractivity contribution >= 4 is 11.9 Å². The van der Waals surface area contributed by atoms with E-state index in [9.17, 15) is 4.79 Å². The second-order valence-electron chi connectivity index (χ2n) is 7.54. The van der Waals surface area contributed by atoms with Gasteiger partial charge in [0.05, 0.1) is 0 Å². The Hall–Kier alpha value is -1.26. The van der Waals surface area contributed by atoms with Crippen molar-refractivity contribution in [2.75, 3.05) is 32.7 Å². The van der Waals surface area contributed by atoms with E-state index >= 15 is 0 Å². The number of amides is 1. The predicted molar refractivity (Wildman–Crippen MR) is 97.7 cm³/mol. The van der Waals surface area contributed by atoms with Gasteiger partial charge in [-0.25, -0.2) is 0 Å². The lowest BCUT2D eigenvalue weighted by atomic mass is 9.92. The van der Waals surface area contributed by atoms with Crippen molar-refractivity contribution in [3.8, 4) is 0 Å². The third-order valence-corrected chi connectivity index (χ3v) is 4.04. The molecule has 0 aromatic carbocycles. The lowest BCUT2D eigenvalue weighted by molar-refractivity contribution is -0.130. The fourth-order valence-electron chi connectivity index (χ4n) is 2.63. The summed E-state index contributed by atoms with van der Waals surface area (Å²) < 4.78 is 0. The molecule has 1 aliphatic rings. The highest BCUT2D eigenvalue weighted by Crippen LogP contribution is 2.16. The standard InChI is InChI=1S/C18H36N4O/c1-5-19-17(21-13-11-18(2,3)4)20-12-9-15-22-14-8-6-7-10-16(22)23/h5-15H2,1-4H3,(H2,19,20,21). The van der Waals surface area contributed by atoms with Crippen molar-refractivity contribution in [1.82, 2.24) is 15.5 Å². The van der Waals surface area contributed by atoms with E-state index in [-0.39, 0.29) is 0 Å². The molecule has 134 valence electrons. The zero-order valence-electron chi connectivity index (χ0n) is 15.6. The molecule has 5 heteroatoms. The summed E-state index contributed by atoms with van der Waals surface area (Å²) in [6.07, 6.45) is 6.14. The number of hydrogen-bond donors (Lipinski definition) is 2. The van der Waals surface area contributed by atoms with E-state index in [0.717, 1.165) is 70.8 Å². The fraction of sp³-hybridized carbons (Fsp3) is 0.889. The number of aliphatic imine (C=N–C) groups is 1. The average molecular weight is 325 g/mol. The number of hydrogen-bond acceptors (Lipinski definition) is 2. The minimum Gasteiger partial charge on any atom is -0.357 e. The number of carbonyl (C=O) groups excluding carboxylic acids is 1. The van der Waals surface area contributed by atoms with E-state index < -0.39 is 0 Å². The molecular formula is C18H36N4O.